The molecule has 0 bridgehead atoms. The van der Waals surface area contributed by atoms with Gasteiger partial charge in [-0.3, -0.25) is 4.68 Å². The molecule has 4 heteroatoms. The van der Waals surface area contributed by atoms with Gasteiger partial charge in [0.2, 0.25) is 0 Å². The fourth-order valence-electron chi connectivity index (χ4n) is 1.67. The van der Waals surface area contributed by atoms with Crippen molar-refractivity contribution in [2.75, 3.05) is 13.6 Å². The third kappa shape index (κ3) is 3.37. The van der Waals surface area contributed by atoms with Crippen molar-refractivity contribution in [3.05, 3.63) is 17.5 Å². The fourth-order valence-corrected chi connectivity index (χ4v) is 1.67. The van der Waals surface area contributed by atoms with E-state index in [1.54, 1.807) is 4.68 Å². The summed E-state index contributed by atoms with van der Waals surface area (Å²) < 4.78 is 1.78. The van der Waals surface area contributed by atoms with Gasteiger partial charge in [0.1, 0.15) is 0 Å². The Morgan fingerprint density at radius 3 is 2.93 bits per heavy atom. The predicted octanol–water partition coefficient (Wildman–Crippen LogP) is 1.33. The van der Waals surface area contributed by atoms with Crippen LogP contribution in [0.25, 0.3) is 0 Å². The van der Waals surface area contributed by atoms with Crippen LogP contribution in [0.15, 0.2) is 6.20 Å². The molecule has 4 nitrogen and oxygen atoms in total. The summed E-state index contributed by atoms with van der Waals surface area (Å²) in [5, 5.41) is 13.1. The molecule has 0 saturated heterocycles. The van der Waals surface area contributed by atoms with Gasteiger partial charge in [-0.05, 0) is 20.0 Å². The van der Waals surface area contributed by atoms with Crippen LogP contribution in [-0.2, 0) is 20.0 Å². The number of hydrogen-bond donors (Lipinski definition) is 0. The molecule has 82 valence electrons. The number of rotatable bonds is 5. The molecule has 1 heterocycles. The normalized spacial score (nSPS) is 10.6. The molecule has 15 heavy (non-hydrogen) atoms. The van der Waals surface area contributed by atoms with Crippen LogP contribution in [-0.4, -0.2) is 28.3 Å². The van der Waals surface area contributed by atoms with E-state index in [1.807, 2.05) is 13.2 Å². The summed E-state index contributed by atoms with van der Waals surface area (Å²) in [6.07, 6.45) is 3.51. The first-order valence-electron chi connectivity index (χ1n) is 5.24. The van der Waals surface area contributed by atoms with Gasteiger partial charge in [0.15, 0.2) is 0 Å². The van der Waals surface area contributed by atoms with Crippen LogP contribution in [0.3, 0.4) is 0 Å². The molecule has 0 saturated carbocycles. The van der Waals surface area contributed by atoms with E-state index in [4.69, 9.17) is 5.26 Å². The molecule has 0 aliphatic rings. The SMILES string of the molecule is CCCN(C)Cc1nn(C)cc1CC#N. The Morgan fingerprint density at radius 1 is 1.60 bits per heavy atom. The number of nitriles is 1. The number of nitrogens with zero attached hydrogens (tertiary/aromatic N) is 4. The third-order valence-corrected chi connectivity index (χ3v) is 2.29. The monoisotopic (exact) mass is 206 g/mol. The van der Waals surface area contributed by atoms with Gasteiger partial charge in [-0.1, -0.05) is 6.92 Å². The summed E-state index contributed by atoms with van der Waals surface area (Å²) in [6, 6.07) is 2.17. The third-order valence-electron chi connectivity index (χ3n) is 2.29. The van der Waals surface area contributed by atoms with Crippen molar-refractivity contribution in [3.63, 3.8) is 0 Å². The van der Waals surface area contributed by atoms with Gasteiger partial charge in [-0.15, -0.1) is 0 Å². The number of aryl methyl sites for hydroxylation is 1. The highest BCUT2D eigenvalue weighted by Gasteiger charge is 2.09. The zero-order chi connectivity index (χ0) is 11.3. The molecule has 1 aromatic heterocycles. The van der Waals surface area contributed by atoms with Gasteiger partial charge in [0.25, 0.3) is 0 Å². The molecule has 1 aromatic rings. The van der Waals surface area contributed by atoms with E-state index in [1.165, 1.54) is 0 Å². The summed E-state index contributed by atoms with van der Waals surface area (Å²) in [7, 11) is 3.97. The second-order valence-corrected chi connectivity index (χ2v) is 3.85. The highest BCUT2D eigenvalue weighted by atomic mass is 15.3. The van der Waals surface area contributed by atoms with E-state index < -0.39 is 0 Å². The first-order valence-corrected chi connectivity index (χ1v) is 5.24. The molecule has 0 aromatic carbocycles. The molecule has 0 N–H and O–H groups in total. The minimum atomic E-state index is 0.448. The first kappa shape index (κ1) is 11.7. The molecule has 0 spiro atoms. The molecule has 0 atom stereocenters. The quantitative estimate of drug-likeness (QED) is 0.730. The molecule has 0 radical (unpaired) electrons. The average molecular weight is 206 g/mol. The minimum absolute atomic E-state index is 0.448. The maximum absolute atomic E-state index is 8.69. The van der Waals surface area contributed by atoms with Crippen molar-refractivity contribution >= 4 is 0 Å². The van der Waals surface area contributed by atoms with Crippen molar-refractivity contribution in [1.82, 2.24) is 14.7 Å². The van der Waals surface area contributed by atoms with Crippen molar-refractivity contribution < 1.29 is 0 Å². The van der Waals surface area contributed by atoms with Crippen LogP contribution in [0, 0.1) is 11.3 Å². The lowest BCUT2D eigenvalue weighted by molar-refractivity contribution is 0.321. The Balaban J connectivity index is 2.71. The lowest BCUT2D eigenvalue weighted by atomic mass is 10.2. The minimum Gasteiger partial charge on any atom is -0.300 e. The van der Waals surface area contributed by atoms with Crippen LogP contribution < -0.4 is 0 Å². The van der Waals surface area contributed by atoms with Crippen molar-refractivity contribution in [2.24, 2.45) is 7.05 Å². The Morgan fingerprint density at radius 2 is 2.33 bits per heavy atom. The lowest BCUT2D eigenvalue weighted by Gasteiger charge is -2.14. The lowest BCUT2D eigenvalue weighted by Crippen LogP contribution is -2.19. The second-order valence-electron chi connectivity index (χ2n) is 3.85. The van der Waals surface area contributed by atoms with Crippen molar-refractivity contribution in [1.29, 1.82) is 5.26 Å². The van der Waals surface area contributed by atoms with Crippen molar-refractivity contribution in [2.45, 2.75) is 26.3 Å². The van der Waals surface area contributed by atoms with Crippen LogP contribution in [0.1, 0.15) is 24.6 Å². The highest BCUT2D eigenvalue weighted by molar-refractivity contribution is 5.20. The maximum atomic E-state index is 8.69. The average Bonchev–Trinajstić information content (AvgIpc) is 2.47. The smallest absolute Gasteiger partial charge is 0.0806 e. The first-order chi connectivity index (χ1) is 7.17. The largest absolute Gasteiger partial charge is 0.300 e. The highest BCUT2D eigenvalue weighted by Crippen LogP contribution is 2.09. The van der Waals surface area contributed by atoms with Gasteiger partial charge in [0.05, 0.1) is 18.2 Å². The number of aromatic nitrogens is 2. The predicted molar refractivity (Wildman–Crippen MR) is 59.2 cm³/mol. The molecule has 0 unspecified atom stereocenters. The molecular weight excluding hydrogens is 188 g/mol. The molecule has 0 amide bonds. The van der Waals surface area contributed by atoms with Gasteiger partial charge >= 0.3 is 0 Å². The van der Waals surface area contributed by atoms with Gasteiger partial charge < -0.3 is 4.90 Å². The summed E-state index contributed by atoms with van der Waals surface area (Å²) in [4.78, 5) is 2.23. The summed E-state index contributed by atoms with van der Waals surface area (Å²) in [5.74, 6) is 0. The Bertz CT molecular complexity index is 348. The van der Waals surface area contributed by atoms with Crippen molar-refractivity contribution in [3.8, 4) is 6.07 Å². The van der Waals surface area contributed by atoms with Crippen LogP contribution in [0.4, 0.5) is 0 Å². The van der Waals surface area contributed by atoms with E-state index in [9.17, 15) is 0 Å². The van der Waals surface area contributed by atoms with E-state index in [-0.39, 0.29) is 0 Å². The van der Waals surface area contributed by atoms with Crippen LogP contribution in [0.2, 0.25) is 0 Å². The topological polar surface area (TPSA) is 44.9 Å². The van der Waals surface area contributed by atoms with E-state index in [0.717, 1.165) is 30.8 Å². The molecular formula is C11H18N4. The maximum Gasteiger partial charge on any atom is 0.0806 e. The van der Waals surface area contributed by atoms with E-state index in [0.29, 0.717) is 6.42 Å². The Labute approximate surface area is 91.1 Å². The fraction of sp³-hybridized carbons (Fsp3) is 0.636. The molecule has 0 aliphatic carbocycles. The standard InChI is InChI=1S/C11H18N4/c1-4-7-14(2)9-11-10(5-6-12)8-15(3)13-11/h8H,4-5,7,9H2,1-3H3. The van der Waals surface area contributed by atoms with E-state index >= 15 is 0 Å². The second kappa shape index (κ2) is 5.52. The van der Waals surface area contributed by atoms with Gasteiger partial charge in [-0.25, -0.2) is 0 Å². The van der Waals surface area contributed by atoms with E-state index in [2.05, 4.69) is 30.0 Å². The Hall–Kier alpha value is -1.34. The zero-order valence-corrected chi connectivity index (χ0v) is 9.69. The van der Waals surface area contributed by atoms with Gasteiger partial charge in [-0.2, -0.15) is 10.4 Å². The Kier molecular flexibility index (Phi) is 4.32. The van der Waals surface area contributed by atoms with Gasteiger partial charge in [0, 0.05) is 25.4 Å². The summed E-state index contributed by atoms with van der Waals surface area (Å²) in [5.41, 5.74) is 2.07. The summed E-state index contributed by atoms with van der Waals surface area (Å²) in [6.45, 7) is 4.04. The number of hydrogen-bond acceptors (Lipinski definition) is 3. The molecule has 1 rings (SSSR count). The van der Waals surface area contributed by atoms with Crippen LogP contribution in [0.5, 0.6) is 0 Å². The zero-order valence-electron chi connectivity index (χ0n) is 9.69. The molecule has 0 aliphatic heterocycles. The molecule has 0 fully saturated rings. The summed E-state index contributed by atoms with van der Waals surface area (Å²) >= 11 is 0. The van der Waals surface area contributed by atoms with Crippen LogP contribution >= 0.6 is 0 Å².